The summed E-state index contributed by atoms with van der Waals surface area (Å²) in [5.41, 5.74) is 1.12. The van der Waals surface area contributed by atoms with E-state index in [1.165, 1.54) is 12.1 Å². The highest BCUT2D eigenvalue weighted by Gasteiger charge is 2.36. The number of amides is 2. The summed E-state index contributed by atoms with van der Waals surface area (Å²) in [5, 5.41) is 21.1. The number of hydrogen-bond acceptors (Lipinski definition) is 6. The number of likely N-dealkylation sites (tertiary alicyclic amines) is 1. The monoisotopic (exact) mass is 403 g/mol. The van der Waals surface area contributed by atoms with E-state index >= 15 is 0 Å². The average Bonchev–Trinajstić information content (AvgIpc) is 3.36. The fourth-order valence-electron chi connectivity index (χ4n) is 3.85. The lowest BCUT2D eigenvalue weighted by Gasteiger charge is -2.29. The zero-order valence-corrected chi connectivity index (χ0v) is 16.3. The molecule has 10 heteroatoms. The highest BCUT2D eigenvalue weighted by molar-refractivity contribution is 5.81. The second kappa shape index (κ2) is 8.99. The van der Waals surface area contributed by atoms with Gasteiger partial charge in [0.25, 0.3) is 5.69 Å². The third-order valence-electron chi connectivity index (χ3n) is 5.33. The molecule has 2 atom stereocenters. The average molecular weight is 403 g/mol. The third kappa shape index (κ3) is 4.53. The van der Waals surface area contributed by atoms with Crippen molar-refractivity contribution in [2.75, 3.05) is 13.1 Å². The van der Waals surface area contributed by atoms with Gasteiger partial charge < -0.3 is 9.88 Å². The molecular weight excluding hydrogens is 378 g/mol. The lowest BCUT2D eigenvalue weighted by Crippen LogP contribution is -2.40. The fourth-order valence-corrected chi connectivity index (χ4v) is 3.85. The number of aromatic amines is 1. The van der Waals surface area contributed by atoms with E-state index in [0.717, 1.165) is 25.7 Å². The molecule has 2 amide bonds. The van der Waals surface area contributed by atoms with Gasteiger partial charge in [-0.1, -0.05) is 19.8 Å². The predicted octanol–water partition coefficient (Wildman–Crippen LogP) is 2.79. The molecule has 3 rings (SSSR count). The summed E-state index contributed by atoms with van der Waals surface area (Å²) in [4.78, 5) is 43.9. The number of rotatable bonds is 9. The number of aromatic nitrogens is 2. The minimum absolute atomic E-state index is 0.0357. The molecule has 29 heavy (non-hydrogen) atoms. The number of carbonyl (C=O) groups excluding carboxylic acids is 2. The highest BCUT2D eigenvalue weighted by Crippen LogP contribution is 2.34. The number of nitro benzene ring substituents is 1. The largest absolute Gasteiger partial charge is 0.340 e. The van der Waals surface area contributed by atoms with Gasteiger partial charge in [0, 0.05) is 18.7 Å². The first kappa shape index (κ1) is 20.7. The molecule has 1 aromatic heterocycles. The highest BCUT2D eigenvalue weighted by atomic mass is 16.6. The maximum Gasteiger partial charge on any atom is 0.271 e. The van der Waals surface area contributed by atoms with E-state index in [9.17, 15) is 24.9 Å². The molecule has 2 heterocycles. The number of H-pyrrole nitrogens is 1. The number of nitrogens with zero attached hydrogens (tertiary/aromatic N) is 4. The van der Waals surface area contributed by atoms with Crippen LogP contribution in [0.5, 0.6) is 0 Å². The Kier molecular flexibility index (Phi) is 6.42. The maximum atomic E-state index is 13.2. The number of imidazole rings is 1. The van der Waals surface area contributed by atoms with Crippen molar-refractivity contribution in [3.05, 3.63) is 34.1 Å². The van der Waals surface area contributed by atoms with Crippen LogP contribution >= 0.6 is 0 Å². The van der Waals surface area contributed by atoms with Crippen molar-refractivity contribution in [1.82, 2.24) is 19.9 Å². The van der Waals surface area contributed by atoms with Crippen molar-refractivity contribution in [2.45, 2.75) is 45.1 Å². The molecule has 156 valence electrons. The molecule has 1 saturated heterocycles. The van der Waals surface area contributed by atoms with Crippen LogP contribution in [0, 0.1) is 16.0 Å². The quantitative estimate of drug-likeness (QED) is 0.286. The van der Waals surface area contributed by atoms with Gasteiger partial charge in [-0.2, -0.15) is 0 Å². The molecule has 0 spiro atoms. The number of hydroxylamine groups is 2. The zero-order chi connectivity index (χ0) is 21.0. The summed E-state index contributed by atoms with van der Waals surface area (Å²) in [5.74, 6) is -0.0127. The fraction of sp³-hybridized carbons (Fsp3) is 0.526. The number of hydrogen-bond donors (Lipinski definition) is 2. The van der Waals surface area contributed by atoms with E-state index in [1.807, 2.05) is 6.92 Å². The Balaban J connectivity index is 1.83. The van der Waals surface area contributed by atoms with Gasteiger partial charge in [0.15, 0.2) is 0 Å². The Morgan fingerprint density at radius 1 is 1.55 bits per heavy atom. The molecule has 0 unspecified atom stereocenters. The Hall–Kier alpha value is -3.01. The zero-order valence-electron chi connectivity index (χ0n) is 16.3. The maximum absolute atomic E-state index is 13.2. The molecule has 0 aliphatic carbocycles. The minimum atomic E-state index is -0.490. The number of fused-ring (bicyclic) bond motifs is 1. The Morgan fingerprint density at radius 2 is 2.34 bits per heavy atom. The van der Waals surface area contributed by atoms with E-state index in [4.69, 9.17) is 0 Å². The third-order valence-corrected chi connectivity index (χ3v) is 5.33. The van der Waals surface area contributed by atoms with Gasteiger partial charge >= 0.3 is 0 Å². The first-order valence-corrected chi connectivity index (χ1v) is 9.80. The lowest BCUT2D eigenvalue weighted by atomic mass is 9.99. The number of non-ortho nitro benzene ring substituents is 1. The molecular formula is C19H25N5O5. The van der Waals surface area contributed by atoms with Gasteiger partial charge in [-0.3, -0.25) is 24.9 Å². The van der Waals surface area contributed by atoms with Crippen LogP contribution in [0.1, 0.15) is 50.9 Å². The van der Waals surface area contributed by atoms with E-state index in [0.29, 0.717) is 41.3 Å². The minimum Gasteiger partial charge on any atom is -0.340 e. The van der Waals surface area contributed by atoms with E-state index in [1.54, 1.807) is 11.0 Å². The van der Waals surface area contributed by atoms with Gasteiger partial charge in [0.05, 0.1) is 34.5 Å². The Labute approximate surface area is 167 Å². The lowest BCUT2D eigenvalue weighted by molar-refractivity contribution is -0.384. The van der Waals surface area contributed by atoms with Crippen LogP contribution in [0.2, 0.25) is 0 Å². The number of benzene rings is 1. The molecule has 1 aliphatic rings. The molecule has 1 aromatic carbocycles. The summed E-state index contributed by atoms with van der Waals surface area (Å²) < 4.78 is 0. The second-order valence-electron chi connectivity index (χ2n) is 7.34. The van der Waals surface area contributed by atoms with Gasteiger partial charge in [-0.15, -0.1) is 0 Å². The van der Waals surface area contributed by atoms with Crippen molar-refractivity contribution in [3.8, 4) is 0 Å². The standard InChI is InChI=1S/C19H25N5O5/c1-2-3-5-13(11-22(27)12-25)19(26)23-9-4-6-17(23)18-20-15-8-7-14(24(28)29)10-16(15)21-18/h7-8,10,12-13,17,27H,2-6,9,11H2,1H3,(H,20,21)/t13-,17+/m1/s1. The normalized spacial score (nSPS) is 17.4. The van der Waals surface area contributed by atoms with Crippen LogP contribution in [0.3, 0.4) is 0 Å². The van der Waals surface area contributed by atoms with Crippen LogP contribution < -0.4 is 0 Å². The molecule has 0 radical (unpaired) electrons. The van der Waals surface area contributed by atoms with Crippen LogP contribution in [0.25, 0.3) is 11.0 Å². The number of carbonyl (C=O) groups is 2. The van der Waals surface area contributed by atoms with Crippen molar-refractivity contribution in [1.29, 1.82) is 0 Å². The number of unbranched alkanes of at least 4 members (excludes halogenated alkanes) is 1. The molecule has 2 N–H and O–H groups in total. The van der Waals surface area contributed by atoms with Crippen molar-refractivity contribution < 1.29 is 19.7 Å². The van der Waals surface area contributed by atoms with Crippen LogP contribution in [0.4, 0.5) is 5.69 Å². The molecule has 2 aromatic rings. The first-order chi connectivity index (χ1) is 13.9. The van der Waals surface area contributed by atoms with Crippen molar-refractivity contribution in [2.24, 2.45) is 5.92 Å². The summed E-state index contributed by atoms with van der Waals surface area (Å²) in [6.07, 6.45) is 4.14. The van der Waals surface area contributed by atoms with E-state index in [2.05, 4.69) is 9.97 Å². The topological polar surface area (TPSA) is 133 Å². The van der Waals surface area contributed by atoms with Gasteiger partial charge in [0.1, 0.15) is 5.82 Å². The summed E-state index contributed by atoms with van der Waals surface area (Å²) in [6, 6.07) is 4.18. The number of nitro groups is 1. The smallest absolute Gasteiger partial charge is 0.271 e. The summed E-state index contributed by atoms with van der Waals surface area (Å²) in [6.45, 7) is 2.54. The Morgan fingerprint density at radius 3 is 3.03 bits per heavy atom. The molecule has 1 aliphatic heterocycles. The van der Waals surface area contributed by atoms with Crippen molar-refractivity contribution in [3.63, 3.8) is 0 Å². The molecule has 1 fully saturated rings. The molecule has 10 nitrogen and oxygen atoms in total. The van der Waals surface area contributed by atoms with Crippen LogP contribution in [0.15, 0.2) is 18.2 Å². The van der Waals surface area contributed by atoms with Gasteiger partial charge in [-0.05, 0) is 25.3 Å². The van der Waals surface area contributed by atoms with Crippen molar-refractivity contribution >= 4 is 29.0 Å². The van der Waals surface area contributed by atoms with E-state index < -0.39 is 10.8 Å². The Bertz CT molecular complexity index is 898. The molecule has 0 bridgehead atoms. The second-order valence-corrected chi connectivity index (χ2v) is 7.34. The summed E-state index contributed by atoms with van der Waals surface area (Å²) >= 11 is 0. The SMILES string of the molecule is CCCC[C@H](CN(O)C=O)C(=O)N1CCC[C@H]1c1nc2cc([N+](=O)[O-])ccc2[nH]1. The van der Waals surface area contributed by atoms with Gasteiger partial charge in [-0.25, -0.2) is 10.0 Å². The van der Waals surface area contributed by atoms with Gasteiger partial charge in [0.2, 0.25) is 12.3 Å². The molecule has 0 saturated carbocycles. The van der Waals surface area contributed by atoms with Crippen LogP contribution in [-0.2, 0) is 9.59 Å². The number of nitrogens with one attached hydrogen (secondary N) is 1. The summed E-state index contributed by atoms with van der Waals surface area (Å²) in [7, 11) is 0. The van der Waals surface area contributed by atoms with E-state index in [-0.39, 0.29) is 24.2 Å². The predicted molar refractivity (Wildman–Crippen MR) is 104 cm³/mol. The van der Waals surface area contributed by atoms with Crippen LogP contribution in [-0.4, -0.2) is 55.5 Å². The first-order valence-electron chi connectivity index (χ1n) is 9.80.